The fourth-order valence-electron chi connectivity index (χ4n) is 3.88. The van der Waals surface area contributed by atoms with Crippen molar-refractivity contribution in [3.63, 3.8) is 0 Å². The van der Waals surface area contributed by atoms with E-state index in [0.29, 0.717) is 16.7 Å². The Labute approximate surface area is 116 Å². The summed E-state index contributed by atoms with van der Waals surface area (Å²) in [6.45, 7) is 8.24. The van der Waals surface area contributed by atoms with E-state index < -0.39 is 0 Å². The summed E-state index contributed by atoms with van der Waals surface area (Å²) in [5.74, 6) is 0.568. The molecule has 2 saturated heterocycles. The third kappa shape index (κ3) is 1.93. The second-order valence-corrected chi connectivity index (χ2v) is 6.26. The first-order valence-corrected chi connectivity index (χ1v) is 7.47. The van der Waals surface area contributed by atoms with Crippen LogP contribution in [0.1, 0.15) is 38.2 Å². The predicted octanol–water partition coefficient (Wildman–Crippen LogP) is 3.62. The monoisotopic (exact) mass is 260 g/mol. The summed E-state index contributed by atoms with van der Waals surface area (Å²) in [6.07, 6.45) is 2.38. The molecule has 2 heterocycles. The van der Waals surface area contributed by atoms with Gasteiger partial charge >= 0.3 is 0 Å². The molecule has 0 N–H and O–H groups in total. The standard InChI is InChI=1S/C17H24O2/c1-3-16(10-18-11-16)15(14-8-6-5-7-9-14)17(4-2)12-19-13-17/h5-9,15H,3-4,10-13H2,1-2H3. The molecule has 0 bridgehead atoms. The first kappa shape index (κ1) is 13.1. The van der Waals surface area contributed by atoms with E-state index in [-0.39, 0.29) is 0 Å². The first-order chi connectivity index (χ1) is 9.26. The zero-order chi connectivity index (χ0) is 13.3. The van der Waals surface area contributed by atoms with E-state index in [9.17, 15) is 0 Å². The smallest absolute Gasteiger partial charge is 0.0550 e. The molecule has 0 atom stereocenters. The Kier molecular flexibility index (Phi) is 3.40. The van der Waals surface area contributed by atoms with Gasteiger partial charge in [0.2, 0.25) is 0 Å². The van der Waals surface area contributed by atoms with Crippen LogP contribution in [0.4, 0.5) is 0 Å². The number of ether oxygens (including phenoxy) is 2. The number of rotatable bonds is 5. The molecule has 2 fully saturated rings. The maximum atomic E-state index is 5.60. The summed E-state index contributed by atoms with van der Waals surface area (Å²) < 4.78 is 11.2. The lowest BCUT2D eigenvalue weighted by molar-refractivity contribution is -0.208. The minimum absolute atomic E-state index is 0.321. The van der Waals surface area contributed by atoms with Crippen molar-refractivity contribution in [1.29, 1.82) is 0 Å². The van der Waals surface area contributed by atoms with Crippen LogP contribution in [0, 0.1) is 10.8 Å². The van der Waals surface area contributed by atoms with Gasteiger partial charge in [-0.2, -0.15) is 0 Å². The van der Waals surface area contributed by atoms with Gasteiger partial charge in [0.05, 0.1) is 26.4 Å². The Hall–Kier alpha value is -0.860. The lowest BCUT2D eigenvalue weighted by Gasteiger charge is -2.58. The summed E-state index contributed by atoms with van der Waals surface area (Å²) in [5, 5.41) is 0. The van der Waals surface area contributed by atoms with Gasteiger partial charge in [0.25, 0.3) is 0 Å². The second kappa shape index (κ2) is 4.92. The topological polar surface area (TPSA) is 18.5 Å². The molecule has 2 aliphatic rings. The van der Waals surface area contributed by atoms with E-state index in [1.165, 1.54) is 18.4 Å². The van der Waals surface area contributed by atoms with E-state index in [1.54, 1.807) is 0 Å². The number of hydrogen-bond acceptors (Lipinski definition) is 2. The normalized spacial score (nSPS) is 23.7. The van der Waals surface area contributed by atoms with Crippen molar-refractivity contribution in [2.45, 2.75) is 32.6 Å². The predicted molar refractivity (Wildman–Crippen MR) is 76.3 cm³/mol. The van der Waals surface area contributed by atoms with Crippen molar-refractivity contribution in [3.8, 4) is 0 Å². The zero-order valence-corrected chi connectivity index (χ0v) is 12.0. The van der Waals surface area contributed by atoms with Gasteiger partial charge in [-0.05, 0) is 18.4 Å². The molecule has 0 aliphatic carbocycles. The molecule has 0 unspecified atom stereocenters. The molecule has 0 saturated carbocycles. The highest BCUT2D eigenvalue weighted by molar-refractivity contribution is 5.27. The van der Waals surface area contributed by atoms with Crippen LogP contribution in [0.25, 0.3) is 0 Å². The number of hydrogen-bond donors (Lipinski definition) is 0. The molecule has 1 aromatic rings. The fourth-order valence-corrected chi connectivity index (χ4v) is 3.88. The van der Waals surface area contributed by atoms with Crippen molar-refractivity contribution < 1.29 is 9.47 Å². The van der Waals surface area contributed by atoms with E-state index in [2.05, 4.69) is 44.2 Å². The van der Waals surface area contributed by atoms with Crippen LogP contribution in [-0.2, 0) is 9.47 Å². The largest absolute Gasteiger partial charge is 0.380 e. The Morgan fingerprint density at radius 2 is 1.37 bits per heavy atom. The quantitative estimate of drug-likeness (QED) is 0.805. The van der Waals surface area contributed by atoms with Crippen molar-refractivity contribution in [2.75, 3.05) is 26.4 Å². The molecule has 1 aromatic carbocycles. The molecule has 2 heteroatoms. The van der Waals surface area contributed by atoms with E-state index in [4.69, 9.17) is 9.47 Å². The van der Waals surface area contributed by atoms with Crippen molar-refractivity contribution in [2.24, 2.45) is 10.8 Å². The number of benzene rings is 1. The van der Waals surface area contributed by atoms with E-state index in [0.717, 1.165) is 26.4 Å². The minimum Gasteiger partial charge on any atom is -0.380 e. The third-order valence-corrected chi connectivity index (χ3v) is 5.32. The van der Waals surface area contributed by atoms with Crippen LogP contribution in [0.15, 0.2) is 30.3 Å². The highest BCUT2D eigenvalue weighted by atomic mass is 16.5. The Morgan fingerprint density at radius 1 is 0.895 bits per heavy atom. The Morgan fingerprint density at radius 3 is 1.68 bits per heavy atom. The molecule has 0 amide bonds. The molecule has 2 aliphatic heterocycles. The molecule has 0 radical (unpaired) electrons. The molecule has 2 nitrogen and oxygen atoms in total. The van der Waals surface area contributed by atoms with E-state index in [1.807, 2.05) is 0 Å². The molecular formula is C17H24O2. The lowest BCUT2D eigenvalue weighted by Crippen LogP contribution is -2.58. The molecule has 104 valence electrons. The summed E-state index contributed by atoms with van der Waals surface area (Å²) in [6, 6.07) is 11.0. The van der Waals surface area contributed by atoms with Gasteiger partial charge in [0.15, 0.2) is 0 Å². The van der Waals surface area contributed by atoms with Crippen LogP contribution < -0.4 is 0 Å². The summed E-state index contributed by atoms with van der Waals surface area (Å²) >= 11 is 0. The van der Waals surface area contributed by atoms with E-state index >= 15 is 0 Å². The van der Waals surface area contributed by atoms with Gasteiger partial charge in [0.1, 0.15) is 0 Å². The SMILES string of the molecule is CCC1(C(c2ccccc2)C2(CC)COC2)COC1. The van der Waals surface area contributed by atoms with Gasteiger partial charge in [0, 0.05) is 16.7 Å². The first-order valence-electron chi connectivity index (χ1n) is 7.47. The molecular weight excluding hydrogens is 236 g/mol. The van der Waals surface area contributed by atoms with Gasteiger partial charge in [-0.25, -0.2) is 0 Å². The highest BCUT2D eigenvalue weighted by Crippen LogP contribution is 2.57. The summed E-state index contributed by atoms with van der Waals surface area (Å²) in [4.78, 5) is 0. The van der Waals surface area contributed by atoms with Gasteiger partial charge in [-0.3, -0.25) is 0 Å². The van der Waals surface area contributed by atoms with Crippen LogP contribution in [0.2, 0.25) is 0 Å². The Bertz CT molecular complexity index is 385. The van der Waals surface area contributed by atoms with Crippen molar-refractivity contribution in [3.05, 3.63) is 35.9 Å². The van der Waals surface area contributed by atoms with Gasteiger partial charge in [-0.1, -0.05) is 44.2 Å². The molecule has 3 rings (SSSR count). The van der Waals surface area contributed by atoms with Crippen LogP contribution >= 0.6 is 0 Å². The maximum absolute atomic E-state index is 5.60. The highest BCUT2D eigenvalue weighted by Gasteiger charge is 2.56. The zero-order valence-electron chi connectivity index (χ0n) is 12.0. The second-order valence-electron chi connectivity index (χ2n) is 6.26. The average molecular weight is 260 g/mol. The molecule has 0 aromatic heterocycles. The lowest BCUT2D eigenvalue weighted by atomic mass is 9.55. The van der Waals surface area contributed by atoms with Crippen LogP contribution in [-0.4, -0.2) is 26.4 Å². The van der Waals surface area contributed by atoms with Gasteiger partial charge < -0.3 is 9.47 Å². The van der Waals surface area contributed by atoms with Crippen LogP contribution in [0.5, 0.6) is 0 Å². The van der Waals surface area contributed by atoms with Crippen molar-refractivity contribution in [1.82, 2.24) is 0 Å². The summed E-state index contributed by atoms with van der Waals surface area (Å²) in [7, 11) is 0. The fraction of sp³-hybridized carbons (Fsp3) is 0.647. The maximum Gasteiger partial charge on any atom is 0.0550 e. The third-order valence-electron chi connectivity index (χ3n) is 5.32. The summed E-state index contributed by atoms with van der Waals surface area (Å²) in [5.41, 5.74) is 2.11. The van der Waals surface area contributed by atoms with Crippen molar-refractivity contribution >= 4 is 0 Å². The molecule has 0 spiro atoms. The van der Waals surface area contributed by atoms with Crippen LogP contribution in [0.3, 0.4) is 0 Å². The Balaban J connectivity index is 2.01. The van der Waals surface area contributed by atoms with Gasteiger partial charge in [-0.15, -0.1) is 0 Å². The minimum atomic E-state index is 0.321. The molecule has 19 heavy (non-hydrogen) atoms. The average Bonchev–Trinajstić information content (AvgIpc) is 2.36.